The summed E-state index contributed by atoms with van der Waals surface area (Å²) in [5, 5.41) is 15.4. The highest BCUT2D eigenvalue weighted by Gasteiger charge is 2.30. The van der Waals surface area contributed by atoms with Crippen LogP contribution in [0.4, 0.5) is 0 Å². The Kier molecular flexibility index (Phi) is 1.34. The molecule has 0 aliphatic carbocycles. The number of aliphatic hydroxyl groups excluding tert-OH is 1. The molecule has 0 bridgehead atoms. The molecule has 1 fully saturated rings. The van der Waals surface area contributed by atoms with E-state index in [2.05, 4.69) is 10.4 Å². The third kappa shape index (κ3) is 1.20. The Morgan fingerprint density at radius 3 is 3.11 bits per heavy atom. The van der Waals surface area contributed by atoms with E-state index < -0.39 is 18.1 Å². The lowest BCUT2D eigenvalue weighted by Crippen LogP contribution is -2.38. The van der Waals surface area contributed by atoms with Gasteiger partial charge in [0.1, 0.15) is 6.04 Å². The summed E-state index contributed by atoms with van der Waals surface area (Å²) in [6.45, 7) is 0.612. The molecule has 3 N–H and O–H groups in total. The van der Waals surface area contributed by atoms with Crippen LogP contribution in [0.3, 0.4) is 0 Å². The molecule has 4 heteroatoms. The number of carboxylic acid groups (broad SMARTS) is 1. The summed E-state index contributed by atoms with van der Waals surface area (Å²) in [4.78, 5) is 10.3. The highest BCUT2D eigenvalue weighted by molar-refractivity contribution is 5.74. The normalized spacial score (nSPS) is 36.2. The molecule has 0 aromatic carbocycles. The average Bonchev–Trinajstić information content (AvgIpc) is 2.33. The molecule has 0 aromatic heterocycles. The number of carboxylic acids is 1. The lowest BCUT2D eigenvalue weighted by Gasteiger charge is -2.06. The van der Waals surface area contributed by atoms with Crippen molar-refractivity contribution >= 4 is 5.97 Å². The number of rotatable bonds is 2. The molecule has 0 spiro atoms. The van der Waals surface area contributed by atoms with Crippen LogP contribution < -0.4 is 5.32 Å². The number of hydrogen-bond donors (Lipinski definition) is 3. The van der Waals surface area contributed by atoms with Crippen LogP contribution in [0.1, 0.15) is 6.42 Å². The van der Waals surface area contributed by atoms with Gasteiger partial charge >= 0.3 is 5.97 Å². The Labute approximate surface area is 54.0 Å². The van der Waals surface area contributed by atoms with Gasteiger partial charge in [0.15, 0.2) is 0 Å². The smallest absolute Gasteiger partial charge is 0.323 e. The Morgan fingerprint density at radius 2 is 2.67 bits per heavy atom. The lowest BCUT2D eigenvalue weighted by atomic mass is 10.2. The molecule has 0 amide bonds. The van der Waals surface area contributed by atoms with Crippen molar-refractivity contribution in [1.29, 1.82) is 1.43 Å². The van der Waals surface area contributed by atoms with Crippen molar-refractivity contribution in [1.82, 2.24) is 5.32 Å². The summed E-state index contributed by atoms with van der Waals surface area (Å²) >= 11 is 0. The van der Waals surface area contributed by atoms with E-state index in [-0.39, 0.29) is 0 Å². The van der Waals surface area contributed by atoms with Gasteiger partial charge < -0.3 is 15.5 Å². The molecule has 0 unspecified atom stereocenters. The van der Waals surface area contributed by atoms with Crippen LogP contribution in [-0.4, -0.2) is 36.3 Å². The monoisotopic (exact) mass is 132 g/mol. The number of hydrogen-bond acceptors (Lipinski definition) is 3. The molecule has 1 aliphatic heterocycles. The summed E-state index contributed by atoms with van der Waals surface area (Å²) in [6.07, 6.45) is 0.109. The molecule has 1 saturated heterocycles. The SMILES string of the molecule is [2H]O[C@@H]1CCN[C@H]1C(=O)O. The molecule has 2 atom stereocenters. The van der Waals surface area contributed by atoms with Gasteiger partial charge in [-0.25, -0.2) is 0 Å². The zero-order valence-electron chi connectivity index (χ0n) is 5.83. The van der Waals surface area contributed by atoms with Gasteiger partial charge in [0.2, 0.25) is 1.43 Å². The van der Waals surface area contributed by atoms with Crippen LogP contribution in [-0.2, 0) is 4.79 Å². The quantitative estimate of drug-likeness (QED) is 0.441. The van der Waals surface area contributed by atoms with Crippen molar-refractivity contribution in [2.75, 3.05) is 6.54 Å². The molecule has 9 heavy (non-hydrogen) atoms. The molecule has 0 saturated carbocycles. The Hall–Kier alpha value is -0.610. The number of aliphatic hydroxyl groups is 1. The van der Waals surface area contributed by atoms with E-state index in [9.17, 15) is 4.79 Å². The van der Waals surface area contributed by atoms with E-state index in [1.54, 1.807) is 0 Å². The molecular formula is C5H9NO3. The number of nitrogens with one attached hydrogen (secondary N) is 1. The maximum Gasteiger partial charge on any atom is 0.323 e. The average molecular weight is 132 g/mol. The van der Waals surface area contributed by atoms with Crippen LogP contribution in [0, 0.1) is 0 Å². The minimum Gasteiger partial charge on any atom is -0.480 e. The maximum absolute atomic E-state index is 10.3. The zero-order valence-corrected chi connectivity index (χ0v) is 4.83. The fourth-order valence-corrected chi connectivity index (χ4v) is 0.926. The summed E-state index contributed by atoms with van der Waals surface area (Å²) in [7, 11) is 0. The summed E-state index contributed by atoms with van der Waals surface area (Å²) in [6, 6.07) is -0.697. The van der Waals surface area contributed by atoms with Crippen molar-refractivity contribution in [3.05, 3.63) is 0 Å². The van der Waals surface area contributed by atoms with Gasteiger partial charge in [-0.2, -0.15) is 0 Å². The second kappa shape index (κ2) is 2.33. The van der Waals surface area contributed by atoms with E-state index in [1.807, 2.05) is 0 Å². The van der Waals surface area contributed by atoms with Gasteiger partial charge in [-0.05, 0) is 13.0 Å². The third-order valence-corrected chi connectivity index (χ3v) is 1.43. The first-order valence-electron chi connectivity index (χ1n) is 3.24. The summed E-state index contributed by atoms with van der Waals surface area (Å²) < 4.78 is 6.52. The molecule has 52 valence electrons. The molecule has 1 rings (SSSR count). The first kappa shape index (κ1) is 5.20. The van der Waals surface area contributed by atoms with Gasteiger partial charge in [-0.15, -0.1) is 0 Å². The van der Waals surface area contributed by atoms with Gasteiger partial charge in [0.25, 0.3) is 0 Å². The van der Waals surface area contributed by atoms with Crippen molar-refractivity contribution in [2.24, 2.45) is 0 Å². The van der Waals surface area contributed by atoms with E-state index in [4.69, 9.17) is 6.54 Å². The van der Waals surface area contributed by atoms with Gasteiger partial charge in [0.05, 0.1) is 6.10 Å². The van der Waals surface area contributed by atoms with E-state index in [1.165, 1.54) is 0 Å². The lowest BCUT2D eigenvalue weighted by molar-refractivity contribution is -0.141. The Balaban J connectivity index is 2.50. The van der Waals surface area contributed by atoms with E-state index >= 15 is 0 Å². The van der Waals surface area contributed by atoms with Crippen molar-refractivity contribution < 1.29 is 15.0 Å². The van der Waals surface area contributed by atoms with Crippen LogP contribution in [0.15, 0.2) is 0 Å². The van der Waals surface area contributed by atoms with Gasteiger partial charge in [0, 0.05) is 0 Å². The highest BCUT2D eigenvalue weighted by Crippen LogP contribution is 2.05. The van der Waals surface area contributed by atoms with Crippen LogP contribution >= 0.6 is 0 Å². The second-order valence-corrected chi connectivity index (χ2v) is 2.10. The van der Waals surface area contributed by atoms with Crippen LogP contribution in [0.5, 0.6) is 0 Å². The highest BCUT2D eigenvalue weighted by atomic mass is 16.4. The Morgan fingerprint density at radius 1 is 1.89 bits per heavy atom. The van der Waals surface area contributed by atoms with Crippen molar-refractivity contribution in [3.63, 3.8) is 0 Å². The van der Waals surface area contributed by atoms with Crippen molar-refractivity contribution in [2.45, 2.75) is 18.6 Å². The molecule has 0 radical (unpaired) electrons. The Bertz CT molecular complexity index is 141. The van der Waals surface area contributed by atoms with E-state index in [0.29, 0.717) is 13.0 Å². The molecule has 1 heterocycles. The zero-order chi connectivity index (χ0) is 7.56. The predicted octanol–water partition coefficient (Wildman–Crippen LogP) is -1.21. The fraction of sp³-hybridized carbons (Fsp3) is 0.800. The standard InChI is InChI=1S/C5H9NO3/c7-3-1-2-6-4(3)5(8)9/h3-4,6-7H,1-2H2,(H,8,9)/t3-,4-/m1/s1/i7D. The van der Waals surface area contributed by atoms with Crippen LogP contribution in [0.25, 0.3) is 0 Å². The molecular weight excluding hydrogens is 122 g/mol. The molecule has 0 aromatic rings. The first-order chi connectivity index (χ1) is 4.75. The summed E-state index contributed by atoms with van der Waals surface area (Å²) in [5.74, 6) is -0.949. The van der Waals surface area contributed by atoms with Gasteiger partial charge in [-0.3, -0.25) is 4.79 Å². The largest absolute Gasteiger partial charge is 0.480 e. The van der Waals surface area contributed by atoms with Crippen LogP contribution in [0.2, 0.25) is 0 Å². The minimum absolute atomic E-state index is 0.488. The van der Waals surface area contributed by atoms with Gasteiger partial charge in [-0.1, -0.05) is 0 Å². The second-order valence-electron chi connectivity index (χ2n) is 2.10. The third-order valence-electron chi connectivity index (χ3n) is 1.43. The number of carbonyl (C=O) groups is 1. The topological polar surface area (TPSA) is 69.6 Å². The molecule has 1 aliphatic rings. The fourth-order valence-electron chi connectivity index (χ4n) is 0.926. The van der Waals surface area contributed by atoms with Crippen molar-refractivity contribution in [3.8, 4) is 0 Å². The number of aliphatic carboxylic acids is 1. The maximum atomic E-state index is 10.3. The predicted molar refractivity (Wildman–Crippen MR) is 30.1 cm³/mol. The first-order valence-corrected chi connectivity index (χ1v) is 2.84. The minimum atomic E-state index is -0.949. The van der Waals surface area contributed by atoms with E-state index in [0.717, 1.165) is 0 Å². The summed E-state index contributed by atoms with van der Waals surface area (Å²) in [5.41, 5.74) is 0. The molecule has 4 nitrogen and oxygen atoms in total.